The molecule has 0 radical (unpaired) electrons. The molecule has 3 aromatic heterocycles. The lowest BCUT2D eigenvalue weighted by molar-refractivity contribution is -0.0505. The lowest BCUT2D eigenvalue weighted by Gasteiger charge is -2.57. The number of hydrogen-bond acceptors (Lipinski definition) is 6. The standard InChI is InChI=1S/C22H24ClN7O/c1-13-3-5-18(30-26-7-8-27-30)21(28-13)22(31)29-17-9-15(10-17)14(2)19(29)12-25-20-6-4-16(23)11-24-20/h3-8,11,14-15,17,19H,9-10,12H2,1-2H3,(H,24,25)/t14-,15?,17?,19?/m0/s1. The van der Waals surface area contributed by atoms with Crippen LogP contribution in [0.15, 0.2) is 42.9 Å². The molecule has 0 aromatic carbocycles. The summed E-state index contributed by atoms with van der Waals surface area (Å²) in [5, 5.41) is 12.4. The highest BCUT2D eigenvalue weighted by Gasteiger charge is 2.51. The fraction of sp³-hybridized carbons (Fsp3) is 0.409. The molecule has 2 bridgehead atoms. The van der Waals surface area contributed by atoms with E-state index in [1.54, 1.807) is 18.6 Å². The molecule has 5 heterocycles. The molecule has 3 fully saturated rings. The van der Waals surface area contributed by atoms with Crippen LogP contribution in [0, 0.1) is 18.8 Å². The second-order valence-corrected chi connectivity index (χ2v) is 8.84. The van der Waals surface area contributed by atoms with E-state index in [2.05, 4.69) is 32.4 Å². The van der Waals surface area contributed by atoms with Gasteiger partial charge in [0.2, 0.25) is 0 Å². The number of carbonyl (C=O) groups excluding carboxylic acids is 1. The van der Waals surface area contributed by atoms with Crippen molar-refractivity contribution in [1.29, 1.82) is 0 Å². The summed E-state index contributed by atoms with van der Waals surface area (Å²) in [6, 6.07) is 7.67. The number of piperidine rings is 2. The number of hydrogen-bond donors (Lipinski definition) is 1. The number of nitrogens with one attached hydrogen (secondary N) is 1. The summed E-state index contributed by atoms with van der Waals surface area (Å²) >= 11 is 5.95. The van der Waals surface area contributed by atoms with Crippen LogP contribution in [0.2, 0.25) is 5.02 Å². The van der Waals surface area contributed by atoms with E-state index in [0.717, 1.165) is 24.4 Å². The van der Waals surface area contributed by atoms with Crippen LogP contribution < -0.4 is 5.32 Å². The van der Waals surface area contributed by atoms with Crippen LogP contribution in [0.25, 0.3) is 5.69 Å². The van der Waals surface area contributed by atoms with Gasteiger partial charge in [-0.15, -0.1) is 4.80 Å². The van der Waals surface area contributed by atoms with E-state index in [4.69, 9.17) is 11.6 Å². The summed E-state index contributed by atoms with van der Waals surface area (Å²) in [5.41, 5.74) is 1.78. The minimum atomic E-state index is -0.0677. The normalized spacial score (nSPS) is 24.5. The highest BCUT2D eigenvalue weighted by Crippen LogP contribution is 2.47. The third-order valence-corrected chi connectivity index (χ3v) is 6.78. The molecule has 1 aliphatic carbocycles. The van der Waals surface area contributed by atoms with Crippen molar-refractivity contribution in [3.8, 4) is 5.69 Å². The number of aromatic nitrogens is 5. The fourth-order valence-electron chi connectivity index (χ4n) is 4.75. The van der Waals surface area contributed by atoms with Crippen LogP contribution in [0.3, 0.4) is 0 Å². The van der Waals surface area contributed by atoms with Crippen molar-refractivity contribution in [2.45, 2.75) is 38.8 Å². The molecule has 0 spiro atoms. The van der Waals surface area contributed by atoms with Gasteiger partial charge in [0.05, 0.1) is 23.5 Å². The second-order valence-electron chi connectivity index (χ2n) is 8.41. The van der Waals surface area contributed by atoms with Gasteiger partial charge in [-0.2, -0.15) is 10.2 Å². The number of carbonyl (C=O) groups is 1. The number of amides is 1. The van der Waals surface area contributed by atoms with Crippen LogP contribution in [-0.4, -0.2) is 54.4 Å². The van der Waals surface area contributed by atoms with E-state index < -0.39 is 0 Å². The summed E-state index contributed by atoms with van der Waals surface area (Å²) in [6.45, 7) is 4.75. The number of anilines is 1. The van der Waals surface area contributed by atoms with Crippen molar-refractivity contribution in [2.24, 2.45) is 11.8 Å². The van der Waals surface area contributed by atoms with Gasteiger partial charge in [0, 0.05) is 24.5 Å². The Hall–Kier alpha value is -3.00. The van der Waals surface area contributed by atoms with Crippen LogP contribution in [-0.2, 0) is 0 Å². The third-order valence-electron chi connectivity index (χ3n) is 6.56. The van der Waals surface area contributed by atoms with Gasteiger partial charge in [-0.25, -0.2) is 9.97 Å². The van der Waals surface area contributed by atoms with Gasteiger partial charge >= 0.3 is 0 Å². The molecule has 2 saturated heterocycles. The van der Waals surface area contributed by atoms with Crippen LogP contribution >= 0.6 is 11.6 Å². The monoisotopic (exact) mass is 437 g/mol. The molecule has 1 saturated carbocycles. The predicted octanol–water partition coefficient (Wildman–Crippen LogP) is 3.37. The van der Waals surface area contributed by atoms with E-state index in [-0.39, 0.29) is 18.0 Å². The second kappa shape index (κ2) is 7.92. The topological polar surface area (TPSA) is 88.8 Å². The largest absolute Gasteiger partial charge is 0.368 e. The molecule has 9 heteroatoms. The average Bonchev–Trinajstić information content (AvgIpc) is 3.27. The average molecular weight is 438 g/mol. The number of rotatable bonds is 5. The zero-order valence-electron chi connectivity index (χ0n) is 17.4. The lowest BCUT2D eigenvalue weighted by Crippen LogP contribution is -2.64. The molecule has 8 nitrogen and oxygen atoms in total. The van der Waals surface area contributed by atoms with Crippen LogP contribution in [0.1, 0.15) is 35.9 Å². The minimum absolute atomic E-state index is 0.0446. The van der Waals surface area contributed by atoms with Gasteiger partial charge in [-0.1, -0.05) is 18.5 Å². The zero-order valence-corrected chi connectivity index (χ0v) is 18.2. The summed E-state index contributed by atoms with van der Waals surface area (Å²) in [5.74, 6) is 1.71. The first-order chi connectivity index (χ1) is 15.0. The number of pyridine rings is 2. The van der Waals surface area contributed by atoms with Gasteiger partial charge in [0.15, 0.2) is 5.69 Å². The SMILES string of the molecule is Cc1ccc(-n2nccn2)c(C(=O)N2C3CC(C3)[C@H](C)C2CNc2ccc(Cl)cn2)n1. The molecule has 31 heavy (non-hydrogen) atoms. The molecular formula is C22H24ClN7O. The van der Waals surface area contributed by atoms with Gasteiger partial charge in [-0.05, 0) is 55.9 Å². The molecule has 3 aromatic rings. The van der Waals surface area contributed by atoms with Gasteiger partial charge in [-0.3, -0.25) is 4.79 Å². The first-order valence-corrected chi connectivity index (χ1v) is 10.9. The fourth-order valence-corrected chi connectivity index (χ4v) is 4.86. The maximum absolute atomic E-state index is 13.8. The smallest absolute Gasteiger partial charge is 0.275 e. The molecule has 1 N–H and O–H groups in total. The Balaban J connectivity index is 1.45. The highest BCUT2D eigenvalue weighted by molar-refractivity contribution is 6.30. The highest BCUT2D eigenvalue weighted by atomic mass is 35.5. The van der Waals surface area contributed by atoms with Gasteiger partial charge in [0.1, 0.15) is 11.5 Å². The van der Waals surface area contributed by atoms with E-state index in [1.807, 2.05) is 36.1 Å². The number of nitrogens with zero attached hydrogens (tertiary/aromatic N) is 6. The molecule has 2 aliphatic heterocycles. The molecule has 1 unspecified atom stereocenters. The summed E-state index contributed by atoms with van der Waals surface area (Å²) in [4.78, 5) is 26.3. The van der Waals surface area contributed by atoms with Crippen LogP contribution in [0.4, 0.5) is 5.82 Å². The Labute approximate surface area is 185 Å². The van der Waals surface area contributed by atoms with E-state index in [0.29, 0.717) is 34.8 Å². The van der Waals surface area contributed by atoms with E-state index in [9.17, 15) is 4.79 Å². The van der Waals surface area contributed by atoms with Crippen LogP contribution in [0.5, 0.6) is 0 Å². The van der Waals surface area contributed by atoms with Gasteiger partial charge < -0.3 is 10.2 Å². The Morgan fingerprint density at radius 1 is 1.19 bits per heavy atom. The Morgan fingerprint density at radius 2 is 1.97 bits per heavy atom. The van der Waals surface area contributed by atoms with Crippen molar-refractivity contribution in [2.75, 3.05) is 11.9 Å². The summed E-state index contributed by atoms with van der Waals surface area (Å²) in [7, 11) is 0. The Morgan fingerprint density at radius 3 is 2.68 bits per heavy atom. The molecule has 160 valence electrons. The first-order valence-electron chi connectivity index (χ1n) is 10.5. The number of halogens is 1. The molecule has 2 atom stereocenters. The summed E-state index contributed by atoms with van der Waals surface area (Å²) < 4.78 is 0. The maximum atomic E-state index is 13.8. The van der Waals surface area contributed by atoms with E-state index in [1.165, 1.54) is 4.80 Å². The summed E-state index contributed by atoms with van der Waals surface area (Å²) in [6.07, 6.45) is 6.90. The molecule has 3 aliphatic rings. The molecular weight excluding hydrogens is 414 g/mol. The van der Waals surface area contributed by atoms with Crippen molar-refractivity contribution in [3.63, 3.8) is 0 Å². The predicted molar refractivity (Wildman–Crippen MR) is 117 cm³/mol. The van der Waals surface area contributed by atoms with Crippen molar-refractivity contribution in [3.05, 3.63) is 59.3 Å². The van der Waals surface area contributed by atoms with Crippen molar-refractivity contribution < 1.29 is 4.79 Å². The third kappa shape index (κ3) is 3.65. The molecule has 6 rings (SSSR count). The van der Waals surface area contributed by atoms with Crippen molar-refractivity contribution in [1.82, 2.24) is 29.9 Å². The Kier molecular flexibility index (Phi) is 5.09. The molecule has 1 amide bonds. The number of fused-ring (bicyclic) bond motifs is 2. The maximum Gasteiger partial charge on any atom is 0.275 e. The van der Waals surface area contributed by atoms with Gasteiger partial charge in [0.25, 0.3) is 5.91 Å². The quantitative estimate of drug-likeness (QED) is 0.658. The van der Waals surface area contributed by atoms with E-state index >= 15 is 0 Å². The first kappa shape index (κ1) is 19.9. The number of aryl methyl sites for hydroxylation is 1. The zero-order chi connectivity index (χ0) is 21.5. The Bertz CT molecular complexity index is 1080. The van der Waals surface area contributed by atoms with Crippen molar-refractivity contribution >= 4 is 23.3 Å². The minimum Gasteiger partial charge on any atom is -0.368 e. The lowest BCUT2D eigenvalue weighted by atomic mass is 9.64.